The Hall–Kier alpha value is -1.81. The highest BCUT2D eigenvalue weighted by molar-refractivity contribution is 6.33. The third-order valence-electron chi connectivity index (χ3n) is 2.48. The van der Waals surface area contributed by atoms with Crippen molar-refractivity contribution in [3.05, 3.63) is 35.6 Å². The average Bonchev–Trinajstić information content (AvgIpc) is 2.39. The van der Waals surface area contributed by atoms with E-state index >= 15 is 0 Å². The van der Waals surface area contributed by atoms with Gasteiger partial charge in [0.15, 0.2) is 11.6 Å². The van der Waals surface area contributed by atoms with Crippen LogP contribution in [0.3, 0.4) is 0 Å². The fourth-order valence-corrected chi connectivity index (χ4v) is 1.93. The highest BCUT2D eigenvalue weighted by atomic mass is 35.5. The number of benzene rings is 1. The number of hydrogen-bond acceptors (Lipinski definition) is 4. The summed E-state index contributed by atoms with van der Waals surface area (Å²) in [4.78, 5) is 8.43. The van der Waals surface area contributed by atoms with Crippen LogP contribution in [0.25, 0.3) is 11.3 Å². The fourth-order valence-electron chi connectivity index (χ4n) is 1.71. The maximum Gasteiger partial charge on any atom is 0.187 e. The zero-order valence-corrected chi connectivity index (χ0v) is 11.0. The molecule has 0 fully saturated rings. The van der Waals surface area contributed by atoms with Crippen molar-refractivity contribution < 1.29 is 4.74 Å². The van der Waals surface area contributed by atoms with E-state index in [9.17, 15) is 0 Å². The Morgan fingerprint density at radius 2 is 2.06 bits per heavy atom. The maximum atomic E-state index is 6.18. The molecule has 5 heteroatoms. The lowest BCUT2D eigenvalue weighted by atomic mass is 10.1. The summed E-state index contributed by atoms with van der Waals surface area (Å²) in [6.45, 7) is 2.76. The van der Waals surface area contributed by atoms with E-state index in [-0.39, 0.29) is 0 Å². The standard InChI is InChI=1S/C13H14ClN3O/c1-3-15-13-12(18-2)11(16-8-17-13)9-6-4-5-7-10(9)14/h4-8H,3H2,1-2H3,(H,15,16,17). The van der Waals surface area contributed by atoms with Gasteiger partial charge in [0.1, 0.15) is 12.0 Å². The predicted octanol–water partition coefficient (Wildman–Crippen LogP) is 3.24. The second-order valence-electron chi connectivity index (χ2n) is 3.61. The average molecular weight is 264 g/mol. The molecule has 1 aromatic heterocycles. The molecule has 94 valence electrons. The number of anilines is 1. The molecule has 0 radical (unpaired) electrons. The number of hydrogen-bond donors (Lipinski definition) is 1. The number of methoxy groups -OCH3 is 1. The Bertz CT molecular complexity index is 546. The van der Waals surface area contributed by atoms with Gasteiger partial charge in [-0.25, -0.2) is 9.97 Å². The monoisotopic (exact) mass is 263 g/mol. The van der Waals surface area contributed by atoms with Gasteiger partial charge in [-0.1, -0.05) is 29.8 Å². The quantitative estimate of drug-likeness (QED) is 0.920. The summed E-state index contributed by atoms with van der Waals surface area (Å²) in [5.74, 6) is 1.28. The van der Waals surface area contributed by atoms with Gasteiger partial charge in [0.25, 0.3) is 0 Å². The zero-order chi connectivity index (χ0) is 13.0. The first-order chi connectivity index (χ1) is 8.77. The van der Waals surface area contributed by atoms with Gasteiger partial charge in [-0.05, 0) is 13.0 Å². The first kappa shape index (κ1) is 12.6. The van der Waals surface area contributed by atoms with Crippen molar-refractivity contribution in [2.24, 2.45) is 0 Å². The molecule has 4 nitrogen and oxygen atoms in total. The molecule has 0 atom stereocenters. The van der Waals surface area contributed by atoms with Gasteiger partial charge in [0.05, 0.1) is 12.1 Å². The van der Waals surface area contributed by atoms with Crippen LogP contribution in [0.2, 0.25) is 5.02 Å². The van der Waals surface area contributed by atoms with Gasteiger partial charge >= 0.3 is 0 Å². The van der Waals surface area contributed by atoms with Crippen LogP contribution < -0.4 is 10.1 Å². The van der Waals surface area contributed by atoms with Gasteiger partial charge in [0, 0.05) is 12.1 Å². The van der Waals surface area contributed by atoms with Crippen molar-refractivity contribution in [1.29, 1.82) is 0 Å². The first-order valence-electron chi connectivity index (χ1n) is 5.65. The molecule has 2 rings (SSSR count). The van der Waals surface area contributed by atoms with Crippen molar-refractivity contribution >= 4 is 17.4 Å². The van der Waals surface area contributed by atoms with E-state index in [2.05, 4.69) is 15.3 Å². The molecule has 18 heavy (non-hydrogen) atoms. The van der Waals surface area contributed by atoms with Gasteiger partial charge in [0.2, 0.25) is 0 Å². The highest BCUT2D eigenvalue weighted by Crippen LogP contribution is 2.36. The normalized spacial score (nSPS) is 10.2. The summed E-state index contributed by atoms with van der Waals surface area (Å²) >= 11 is 6.18. The van der Waals surface area contributed by atoms with E-state index in [1.807, 2.05) is 31.2 Å². The second kappa shape index (κ2) is 5.69. The predicted molar refractivity (Wildman–Crippen MR) is 73.2 cm³/mol. The molecule has 0 amide bonds. The Kier molecular flexibility index (Phi) is 3.99. The maximum absolute atomic E-state index is 6.18. The summed E-state index contributed by atoms with van der Waals surface area (Å²) in [7, 11) is 1.60. The number of ether oxygens (including phenoxy) is 1. The molecule has 0 aliphatic rings. The van der Waals surface area contributed by atoms with Gasteiger partial charge in [-0.3, -0.25) is 0 Å². The van der Waals surface area contributed by atoms with E-state index in [1.54, 1.807) is 7.11 Å². The Morgan fingerprint density at radius 3 is 2.72 bits per heavy atom. The van der Waals surface area contributed by atoms with E-state index in [4.69, 9.17) is 16.3 Å². The molecular weight excluding hydrogens is 250 g/mol. The molecule has 2 aromatic rings. The molecular formula is C13H14ClN3O. The summed E-state index contributed by atoms with van der Waals surface area (Å²) in [5.41, 5.74) is 1.52. The Morgan fingerprint density at radius 1 is 1.28 bits per heavy atom. The van der Waals surface area contributed by atoms with Gasteiger partial charge in [-0.2, -0.15) is 0 Å². The first-order valence-corrected chi connectivity index (χ1v) is 6.03. The van der Waals surface area contributed by atoms with E-state index in [0.29, 0.717) is 22.3 Å². The van der Waals surface area contributed by atoms with Crippen LogP contribution >= 0.6 is 11.6 Å². The van der Waals surface area contributed by atoms with Crippen LogP contribution in [0.1, 0.15) is 6.92 Å². The smallest absolute Gasteiger partial charge is 0.187 e. The lowest BCUT2D eigenvalue weighted by molar-refractivity contribution is 0.414. The molecule has 0 bridgehead atoms. The fraction of sp³-hybridized carbons (Fsp3) is 0.231. The molecule has 0 aliphatic carbocycles. The summed E-state index contributed by atoms with van der Waals surface area (Å²) in [5, 5.41) is 3.77. The third kappa shape index (κ3) is 2.38. The van der Waals surface area contributed by atoms with Crippen molar-refractivity contribution in [2.75, 3.05) is 19.0 Å². The number of nitrogens with zero attached hydrogens (tertiary/aromatic N) is 2. The number of aromatic nitrogens is 2. The minimum atomic E-state index is 0.604. The summed E-state index contributed by atoms with van der Waals surface area (Å²) in [6.07, 6.45) is 1.50. The number of nitrogens with one attached hydrogen (secondary N) is 1. The minimum absolute atomic E-state index is 0.604. The Balaban J connectivity index is 2.57. The molecule has 0 aliphatic heterocycles. The van der Waals surface area contributed by atoms with Crippen LogP contribution in [0.15, 0.2) is 30.6 Å². The molecule has 0 unspecified atom stereocenters. The van der Waals surface area contributed by atoms with Crippen molar-refractivity contribution in [2.45, 2.75) is 6.92 Å². The van der Waals surface area contributed by atoms with E-state index in [1.165, 1.54) is 6.33 Å². The summed E-state index contributed by atoms with van der Waals surface area (Å²) < 4.78 is 5.39. The van der Waals surface area contributed by atoms with Crippen molar-refractivity contribution in [3.8, 4) is 17.0 Å². The van der Waals surface area contributed by atoms with Gasteiger partial charge in [-0.15, -0.1) is 0 Å². The van der Waals surface area contributed by atoms with Crippen molar-refractivity contribution in [3.63, 3.8) is 0 Å². The molecule has 1 heterocycles. The number of rotatable bonds is 4. The lowest BCUT2D eigenvalue weighted by Crippen LogP contribution is -2.04. The summed E-state index contributed by atoms with van der Waals surface area (Å²) in [6, 6.07) is 7.52. The molecule has 0 spiro atoms. The number of halogens is 1. The molecule has 0 saturated heterocycles. The Labute approximate surface area is 111 Å². The third-order valence-corrected chi connectivity index (χ3v) is 2.81. The van der Waals surface area contributed by atoms with Gasteiger partial charge < -0.3 is 10.1 Å². The lowest BCUT2D eigenvalue weighted by Gasteiger charge is -2.12. The van der Waals surface area contributed by atoms with E-state index < -0.39 is 0 Å². The van der Waals surface area contributed by atoms with Crippen LogP contribution in [-0.2, 0) is 0 Å². The minimum Gasteiger partial charge on any atom is -0.491 e. The van der Waals surface area contributed by atoms with Crippen LogP contribution in [0.5, 0.6) is 5.75 Å². The second-order valence-corrected chi connectivity index (χ2v) is 4.02. The highest BCUT2D eigenvalue weighted by Gasteiger charge is 2.15. The molecule has 0 saturated carbocycles. The zero-order valence-electron chi connectivity index (χ0n) is 10.3. The SMILES string of the molecule is CCNc1ncnc(-c2ccccc2Cl)c1OC. The molecule has 1 N–H and O–H groups in total. The topological polar surface area (TPSA) is 47.0 Å². The van der Waals surface area contributed by atoms with Crippen LogP contribution in [0, 0.1) is 0 Å². The molecule has 1 aromatic carbocycles. The van der Waals surface area contributed by atoms with Crippen LogP contribution in [-0.4, -0.2) is 23.6 Å². The largest absolute Gasteiger partial charge is 0.491 e. The van der Waals surface area contributed by atoms with E-state index in [0.717, 1.165) is 12.1 Å². The van der Waals surface area contributed by atoms with Crippen LogP contribution in [0.4, 0.5) is 5.82 Å². The van der Waals surface area contributed by atoms with Crippen molar-refractivity contribution in [1.82, 2.24) is 9.97 Å².